The van der Waals surface area contributed by atoms with Gasteiger partial charge in [-0.25, -0.2) is 9.59 Å². The lowest BCUT2D eigenvalue weighted by molar-refractivity contribution is -0.199. The van der Waals surface area contributed by atoms with Crippen molar-refractivity contribution >= 4 is 25.1 Å². The molecule has 0 radical (unpaired) electrons. The molecule has 2 amide bonds. The molecule has 4 aliphatic rings. The van der Waals surface area contributed by atoms with Gasteiger partial charge in [-0.15, -0.1) is 0 Å². The first-order valence-corrected chi connectivity index (χ1v) is 17.5. The summed E-state index contributed by atoms with van der Waals surface area (Å²) in [6.45, 7) is 18.3. The van der Waals surface area contributed by atoms with Gasteiger partial charge in [0.05, 0.1) is 36.2 Å². The van der Waals surface area contributed by atoms with Crippen LogP contribution in [-0.2, 0) is 36.4 Å². The van der Waals surface area contributed by atoms with E-state index in [0.29, 0.717) is 29.6 Å². The van der Waals surface area contributed by atoms with Crippen molar-refractivity contribution in [2.75, 3.05) is 13.2 Å². The van der Waals surface area contributed by atoms with E-state index in [-0.39, 0.29) is 37.0 Å². The predicted molar refractivity (Wildman–Crippen MR) is 187 cm³/mol. The lowest BCUT2D eigenvalue weighted by Crippen LogP contribution is -2.65. The molecule has 6 rings (SSSR count). The van der Waals surface area contributed by atoms with Crippen molar-refractivity contribution in [1.29, 1.82) is 0 Å². The van der Waals surface area contributed by atoms with E-state index in [1.807, 2.05) is 63.2 Å². The maximum Gasteiger partial charge on any atom is 0.482 e. The van der Waals surface area contributed by atoms with Crippen molar-refractivity contribution in [1.82, 2.24) is 10.6 Å². The number of benzene rings is 2. The van der Waals surface area contributed by atoms with Crippen LogP contribution in [0.5, 0.6) is 5.75 Å². The first-order chi connectivity index (χ1) is 22.8. The molecule has 0 aromatic heterocycles. The summed E-state index contributed by atoms with van der Waals surface area (Å²) in [4.78, 5) is 38.4. The second-order valence-electron chi connectivity index (χ2n) is 16.5. The minimum absolute atomic E-state index is 0.0413. The van der Waals surface area contributed by atoms with Crippen LogP contribution in [0.2, 0.25) is 0 Å². The lowest BCUT2D eigenvalue weighted by Gasteiger charge is -2.64. The van der Waals surface area contributed by atoms with Gasteiger partial charge >= 0.3 is 19.2 Å². The molecule has 2 aromatic rings. The van der Waals surface area contributed by atoms with Crippen LogP contribution in [0.1, 0.15) is 96.6 Å². The quantitative estimate of drug-likeness (QED) is 0.167. The third-order valence-corrected chi connectivity index (χ3v) is 9.96. The smallest absolute Gasteiger partial charge is 0.482 e. The van der Waals surface area contributed by atoms with Crippen molar-refractivity contribution < 1.29 is 37.9 Å². The highest BCUT2D eigenvalue weighted by molar-refractivity contribution is 6.48. The molecule has 266 valence electrons. The fourth-order valence-corrected chi connectivity index (χ4v) is 7.53. The summed E-state index contributed by atoms with van der Waals surface area (Å²) in [5.41, 5.74) is 0.642. The number of hydrogen-bond acceptors (Lipinski definition) is 8. The molecule has 2 N–H and O–H groups in total. The Kier molecular flexibility index (Phi) is 10.5. The zero-order valence-corrected chi connectivity index (χ0v) is 30.5. The molecule has 5 atom stereocenters. The van der Waals surface area contributed by atoms with Crippen LogP contribution in [0.15, 0.2) is 48.5 Å². The average Bonchev–Trinajstić information content (AvgIpc) is 3.35. The van der Waals surface area contributed by atoms with E-state index in [2.05, 4.69) is 31.4 Å². The molecule has 49 heavy (non-hydrogen) atoms. The van der Waals surface area contributed by atoms with E-state index < -0.39 is 41.9 Å². The molecule has 4 unspecified atom stereocenters. The number of rotatable bonds is 11. The summed E-state index contributed by atoms with van der Waals surface area (Å²) in [7, 11) is -0.647. The molecular weight excluding hydrogens is 623 g/mol. The summed E-state index contributed by atoms with van der Waals surface area (Å²) < 4.78 is 30.1. The van der Waals surface area contributed by atoms with Crippen molar-refractivity contribution in [2.24, 2.45) is 17.3 Å². The molecule has 3 saturated carbocycles. The third-order valence-electron chi connectivity index (χ3n) is 9.96. The van der Waals surface area contributed by atoms with Gasteiger partial charge in [-0.05, 0) is 120 Å². The number of hydrogen-bond donors (Lipinski definition) is 2. The topological polar surface area (TPSA) is 121 Å². The minimum Gasteiger partial charge on any atom is -0.492 e. The van der Waals surface area contributed by atoms with Gasteiger partial charge in [0.2, 0.25) is 5.91 Å². The maximum atomic E-state index is 13.6. The van der Waals surface area contributed by atoms with Gasteiger partial charge in [0.1, 0.15) is 23.6 Å². The summed E-state index contributed by atoms with van der Waals surface area (Å²) in [5.74, 6) is 0.484. The first-order valence-electron chi connectivity index (χ1n) is 17.5. The summed E-state index contributed by atoms with van der Waals surface area (Å²) in [6.07, 6.45) is 2.04. The normalized spacial score (nSPS) is 24.6. The van der Waals surface area contributed by atoms with E-state index in [1.54, 1.807) is 26.8 Å². The molecular formula is C38H53BN2O8. The van der Waals surface area contributed by atoms with Gasteiger partial charge in [-0.1, -0.05) is 38.1 Å². The molecule has 3 aliphatic carbocycles. The number of ether oxygens (including phenoxy) is 3. The fourth-order valence-electron chi connectivity index (χ4n) is 7.53. The Morgan fingerprint density at radius 2 is 1.63 bits per heavy atom. The molecule has 11 heteroatoms. The molecule has 1 saturated heterocycles. The monoisotopic (exact) mass is 676 g/mol. The van der Waals surface area contributed by atoms with Gasteiger partial charge in [0, 0.05) is 0 Å². The summed E-state index contributed by atoms with van der Waals surface area (Å²) in [5, 5.41) is 5.89. The Labute approximate surface area is 291 Å². The molecule has 10 nitrogen and oxygen atoms in total. The number of carbonyl (C=O) groups is 3. The van der Waals surface area contributed by atoms with Crippen LogP contribution in [-0.4, -0.2) is 67.1 Å². The fraction of sp³-hybridized carbons (Fsp3) is 0.605. The van der Waals surface area contributed by atoms with Crippen LogP contribution < -0.4 is 15.4 Å². The molecule has 4 fully saturated rings. The van der Waals surface area contributed by atoms with Crippen molar-refractivity contribution in [3.8, 4) is 5.75 Å². The largest absolute Gasteiger partial charge is 0.492 e. The van der Waals surface area contributed by atoms with E-state index in [9.17, 15) is 14.4 Å². The van der Waals surface area contributed by atoms with Crippen LogP contribution >= 0.6 is 0 Å². The van der Waals surface area contributed by atoms with Gasteiger partial charge in [-0.3, -0.25) is 4.79 Å². The number of carbonyl (C=O) groups excluding carboxylic acids is 3. The van der Waals surface area contributed by atoms with Gasteiger partial charge in [-0.2, -0.15) is 0 Å². The van der Waals surface area contributed by atoms with Crippen molar-refractivity contribution in [2.45, 2.75) is 117 Å². The highest BCUT2D eigenvalue weighted by Gasteiger charge is 2.68. The second kappa shape index (κ2) is 14.0. The Morgan fingerprint density at radius 1 is 0.939 bits per heavy atom. The lowest BCUT2D eigenvalue weighted by atomic mass is 9.43. The van der Waals surface area contributed by atoms with Gasteiger partial charge in [0.15, 0.2) is 0 Å². The second-order valence-corrected chi connectivity index (χ2v) is 16.5. The number of amides is 2. The van der Waals surface area contributed by atoms with E-state index in [0.717, 1.165) is 24.0 Å². The standard InChI is InChI=1S/C38H53BN2O8/c1-35(2,3)46-33(43)26-14-10-12-24(18-26)20-31(39-48-30-23-27-22-29(37(27,7)8)38(30,9)49-39)41-32(42)21-25-13-11-15-28(19-25)45-17-16-40-34(44)47-36(4,5)6/h10-15,18-19,27,29-31H,16-17,20-23H2,1-9H3,(H,40,44)(H,41,42)/t27?,29-,30?,31?,38?/m1/s1. The van der Waals surface area contributed by atoms with E-state index >= 15 is 0 Å². The Hall–Kier alpha value is -3.57. The predicted octanol–water partition coefficient (Wildman–Crippen LogP) is 6.08. The average molecular weight is 677 g/mol. The van der Waals surface area contributed by atoms with E-state index in [1.165, 1.54) is 0 Å². The van der Waals surface area contributed by atoms with Crippen LogP contribution in [0.25, 0.3) is 0 Å². The molecule has 0 spiro atoms. The highest BCUT2D eigenvalue weighted by atomic mass is 16.7. The number of esters is 1. The molecule has 1 heterocycles. The van der Waals surface area contributed by atoms with Gasteiger partial charge in [0.25, 0.3) is 0 Å². The molecule has 2 aromatic carbocycles. The zero-order valence-electron chi connectivity index (χ0n) is 30.5. The molecule has 1 aliphatic heterocycles. The minimum atomic E-state index is -0.647. The zero-order chi connectivity index (χ0) is 35.8. The van der Waals surface area contributed by atoms with Crippen LogP contribution in [0.4, 0.5) is 4.79 Å². The molecule has 2 bridgehead atoms. The maximum absolute atomic E-state index is 13.6. The Bertz CT molecular complexity index is 1530. The Morgan fingerprint density at radius 3 is 2.33 bits per heavy atom. The number of alkyl carbamates (subject to hydrolysis) is 1. The summed E-state index contributed by atoms with van der Waals surface area (Å²) in [6, 6.07) is 14.7. The number of nitrogens with one attached hydrogen (secondary N) is 2. The highest BCUT2D eigenvalue weighted by Crippen LogP contribution is 2.65. The SMILES string of the molecule is CC(C)(C)OC(=O)NCCOc1cccc(CC(=O)NC(Cc2cccc(C(=O)OC(C)(C)C)c2)B2OC3CC4C[C@H](C4(C)C)C3(C)O2)c1. The van der Waals surface area contributed by atoms with Crippen LogP contribution in [0.3, 0.4) is 0 Å². The summed E-state index contributed by atoms with van der Waals surface area (Å²) >= 11 is 0. The van der Waals surface area contributed by atoms with Crippen LogP contribution in [0, 0.1) is 17.3 Å². The van der Waals surface area contributed by atoms with Crippen molar-refractivity contribution in [3.63, 3.8) is 0 Å². The van der Waals surface area contributed by atoms with Gasteiger partial charge < -0.3 is 34.2 Å². The third kappa shape index (κ3) is 8.97. The van der Waals surface area contributed by atoms with E-state index in [4.69, 9.17) is 23.5 Å². The first kappa shape index (κ1) is 36.7. The Balaban J connectivity index is 1.26. The van der Waals surface area contributed by atoms with Crippen molar-refractivity contribution in [3.05, 3.63) is 65.2 Å².